The fourth-order valence-electron chi connectivity index (χ4n) is 1.30. The highest BCUT2D eigenvalue weighted by atomic mass is 79.9. The van der Waals surface area contributed by atoms with Crippen molar-refractivity contribution >= 4 is 21.8 Å². The predicted octanol–water partition coefficient (Wildman–Crippen LogP) is 1.50. The van der Waals surface area contributed by atoms with Crippen LogP contribution in [-0.4, -0.2) is 24.4 Å². The number of halogens is 1. The van der Waals surface area contributed by atoms with Gasteiger partial charge in [0.2, 0.25) is 0 Å². The van der Waals surface area contributed by atoms with Gasteiger partial charge >= 0.3 is 0 Å². The summed E-state index contributed by atoms with van der Waals surface area (Å²) in [7, 11) is 2.05. The summed E-state index contributed by atoms with van der Waals surface area (Å²) in [6, 6.07) is 5.48. The molecule has 0 aromatic heterocycles. The quantitative estimate of drug-likeness (QED) is 0.501. The SMILES string of the molecule is CCN(C)Cc1ccc(C(=O)NN)cc1Br. The van der Waals surface area contributed by atoms with Crippen LogP contribution >= 0.6 is 15.9 Å². The van der Waals surface area contributed by atoms with Gasteiger partial charge in [-0.1, -0.05) is 28.9 Å². The normalized spacial score (nSPS) is 10.6. The molecule has 0 heterocycles. The molecule has 1 aromatic rings. The summed E-state index contributed by atoms with van der Waals surface area (Å²) in [6.45, 7) is 3.93. The maximum absolute atomic E-state index is 11.3. The van der Waals surface area contributed by atoms with E-state index in [9.17, 15) is 4.79 Å². The monoisotopic (exact) mass is 285 g/mol. The van der Waals surface area contributed by atoms with Crippen LogP contribution < -0.4 is 11.3 Å². The van der Waals surface area contributed by atoms with Crippen molar-refractivity contribution in [2.45, 2.75) is 13.5 Å². The fourth-order valence-corrected chi connectivity index (χ4v) is 1.81. The molecule has 1 amide bonds. The molecule has 0 atom stereocenters. The number of amides is 1. The first kappa shape index (κ1) is 13.2. The molecular weight excluding hydrogens is 270 g/mol. The Labute approximate surface area is 104 Å². The lowest BCUT2D eigenvalue weighted by atomic mass is 10.1. The molecule has 0 aliphatic heterocycles. The summed E-state index contributed by atoms with van der Waals surface area (Å²) in [6.07, 6.45) is 0. The van der Waals surface area contributed by atoms with E-state index >= 15 is 0 Å². The van der Waals surface area contributed by atoms with Crippen LogP contribution in [0.5, 0.6) is 0 Å². The van der Waals surface area contributed by atoms with Gasteiger partial charge in [0.25, 0.3) is 5.91 Å². The third kappa shape index (κ3) is 3.30. The summed E-state index contributed by atoms with van der Waals surface area (Å²) in [4.78, 5) is 13.5. The zero-order valence-corrected chi connectivity index (χ0v) is 11.0. The standard InChI is InChI=1S/C11H16BrN3O/c1-3-15(2)7-9-5-4-8(6-10(9)12)11(16)14-13/h4-6H,3,7,13H2,1-2H3,(H,14,16). The Kier molecular flexibility index (Phi) is 4.92. The predicted molar refractivity (Wildman–Crippen MR) is 67.8 cm³/mol. The molecule has 0 bridgehead atoms. The third-order valence-electron chi connectivity index (χ3n) is 2.43. The highest BCUT2D eigenvalue weighted by molar-refractivity contribution is 9.10. The van der Waals surface area contributed by atoms with Crippen LogP contribution in [0.3, 0.4) is 0 Å². The van der Waals surface area contributed by atoms with E-state index in [0.717, 1.165) is 23.1 Å². The van der Waals surface area contributed by atoms with E-state index in [2.05, 4.69) is 33.2 Å². The summed E-state index contributed by atoms with van der Waals surface area (Å²) in [5.41, 5.74) is 3.81. The van der Waals surface area contributed by atoms with Gasteiger partial charge < -0.3 is 4.90 Å². The van der Waals surface area contributed by atoms with Crippen molar-refractivity contribution < 1.29 is 4.79 Å². The second-order valence-electron chi connectivity index (χ2n) is 3.61. The Morgan fingerprint density at radius 2 is 2.25 bits per heavy atom. The van der Waals surface area contributed by atoms with Crippen LogP contribution in [0.4, 0.5) is 0 Å². The fraction of sp³-hybridized carbons (Fsp3) is 0.364. The van der Waals surface area contributed by atoms with Gasteiger partial charge in [0.1, 0.15) is 0 Å². The van der Waals surface area contributed by atoms with E-state index < -0.39 is 0 Å². The van der Waals surface area contributed by atoms with Gasteiger partial charge in [-0.2, -0.15) is 0 Å². The maximum Gasteiger partial charge on any atom is 0.265 e. The Morgan fingerprint density at radius 3 is 2.75 bits per heavy atom. The van der Waals surface area contributed by atoms with Crippen LogP contribution in [0.1, 0.15) is 22.8 Å². The van der Waals surface area contributed by atoms with Gasteiger partial charge in [0.15, 0.2) is 0 Å². The Bertz CT molecular complexity index is 381. The Hall–Kier alpha value is -0.910. The minimum Gasteiger partial charge on any atom is -0.302 e. The smallest absolute Gasteiger partial charge is 0.265 e. The number of hydrogen-bond donors (Lipinski definition) is 2. The van der Waals surface area contributed by atoms with Gasteiger partial charge in [0, 0.05) is 16.6 Å². The van der Waals surface area contributed by atoms with Crippen LogP contribution in [0.25, 0.3) is 0 Å². The number of benzene rings is 1. The molecule has 16 heavy (non-hydrogen) atoms. The van der Waals surface area contributed by atoms with Gasteiger partial charge in [-0.3, -0.25) is 10.2 Å². The van der Waals surface area contributed by atoms with Crippen molar-refractivity contribution in [1.29, 1.82) is 0 Å². The molecule has 0 saturated heterocycles. The number of hydrazine groups is 1. The van der Waals surface area contributed by atoms with Gasteiger partial charge in [-0.05, 0) is 31.3 Å². The summed E-state index contributed by atoms with van der Waals surface area (Å²) < 4.78 is 0.925. The summed E-state index contributed by atoms with van der Waals surface area (Å²) in [5, 5.41) is 0. The van der Waals surface area contributed by atoms with E-state index in [1.54, 1.807) is 12.1 Å². The Balaban J connectivity index is 2.87. The molecule has 88 valence electrons. The van der Waals surface area contributed by atoms with Crippen LogP contribution in [-0.2, 0) is 6.54 Å². The highest BCUT2D eigenvalue weighted by Crippen LogP contribution is 2.19. The van der Waals surface area contributed by atoms with Crippen LogP contribution in [0.15, 0.2) is 22.7 Å². The molecule has 1 aromatic carbocycles. The molecule has 0 fully saturated rings. The van der Waals surface area contributed by atoms with E-state index in [0.29, 0.717) is 5.56 Å². The molecule has 0 radical (unpaired) electrons. The third-order valence-corrected chi connectivity index (χ3v) is 3.16. The summed E-state index contributed by atoms with van der Waals surface area (Å²) in [5.74, 6) is 4.79. The zero-order valence-electron chi connectivity index (χ0n) is 9.46. The van der Waals surface area contributed by atoms with Crippen LogP contribution in [0.2, 0.25) is 0 Å². The number of nitrogens with one attached hydrogen (secondary N) is 1. The summed E-state index contributed by atoms with van der Waals surface area (Å²) >= 11 is 3.45. The lowest BCUT2D eigenvalue weighted by Gasteiger charge is -2.15. The largest absolute Gasteiger partial charge is 0.302 e. The van der Waals surface area contributed by atoms with Crippen molar-refractivity contribution in [2.75, 3.05) is 13.6 Å². The number of nitrogen functional groups attached to an aromatic ring is 1. The first-order valence-electron chi connectivity index (χ1n) is 5.06. The molecule has 3 N–H and O–H groups in total. The zero-order chi connectivity index (χ0) is 12.1. The average Bonchev–Trinajstić information content (AvgIpc) is 2.30. The molecule has 0 spiro atoms. The highest BCUT2D eigenvalue weighted by Gasteiger charge is 2.08. The lowest BCUT2D eigenvalue weighted by Crippen LogP contribution is -2.30. The van der Waals surface area contributed by atoms with Crippen molar-refractivity contribution in [1.82, 2.24) is 10.3 Å². The van der Waals surface area contributed by atoms with Crippen molar-refractivity contribution in [3.63, 3.8) is 0 Å². The van der Waals surface area contributed by atoms with Crippen molar-refractivity contribution in [3.05, 3.63) is 33.8 Å². The molecule has 1 rings (SSSR count). The van der Waals surface area contributed by atoms with E-state index in [-0.39, 0.29) is 5.91 Å². The van der Waals surface area contributed by atoms with E-state index in [1.165, 1.54) is 0 Å². The van der Waals surface area contributed by atoms with E-state index in [1.807, 2.05) is 13.1 Å². The average molecular weight is 286 g/mol. The molecule has 0 aliphatic carbocycles. The number of carbonyl (C=O) groups excluding carboxylic acids is 1. The molecule has 0 unspecified atom stereocenters. The van der Waals surface area contributed by atoms with Crippen molar-refractivity contribution in [2.24, 2.45) is 5.84 Å². The van der Waals surface area contributed by atoms with Crippen LogP contribution in [0, 0.1) is 0 Å². The molecule has 0 aliphatic rings. The van der Waals surface area contributed by atoms with E-state index in [4.69, 9.17) is 5.84 Å². The second-order valence-corrected chi connectivity index (χ2v) is 4.46. The molecule has 4 nitrogen and oxygen atoms in total. The number of hydrogen-bond acceptors (Lipinski definition) is 3. The van der Waals surface area contributed by atoms with Crippen molar-refractivity contribution in [3.8, 4) is 0 Å². The van der Waals surface area contributed by atoms with Gasteiger partial charge in [-0.25, -0.2) is 5.84 Å². The minimum atomic E-state index is -0.281. The first-order chi connectivity index (χ1) is 7.58. The molecule has 5 heteroatoms. The maximum atomic E-state index is 11.3. The molecule has 0 saturated carbocycles. The van der Waals surface area contributed by atoms with Gasteiger partial charge in [-0.15, -0.1) is 0 Å². The molecular formula is C11H16BrN3O. The number of nitrogens with zero attached hydrogens (tertiary/aromatic N) is 1. The lowest BCUT2D eigenvalue weighted by molar-refractivity contribution is 0.0953. The van der Waals surface area contributed by atoms with Gasteiger partial charge in [0.05, 0.1) is 0 Å². The minimum absolute atomic E-state index is 0.281. The topological polar surface area (TPSA) is 58.4 Å². The Morgan fingerprint density at radius 1 is 1.56 bits per heavy atom. The first-order valence-corrected chi connectivity index (χ1v) is 5.85. The number of rotatable bonds is 4. The number of carbonyl (C=O) groups is 1. The second kappa shape index (κ2) is 5.98. The number of nitrogens with two attached hydrogens (primary N) is 1.